The highest BCUT2D eigenvalue weighted by Gasteiger charge is 2.28. The molecule has 0 spiro atoms. The first-order valence-corrected chi connectivity index (χ1v) is 13.6. The topological polar surface area (TPSA) is 84.9 Å². The van der Waals surface area contributed by atoms with Gasteiger partial charge >= 0.3 is 0 Å². The molecular formula is C26H30N2O5S2. The molecule has 9 heteroatoms. The van der Waals surface area contributed by atoms with E-state index < -0.39 is 10.0 Å². The fourth-order valence-electron chi connectivity index (χ4n) is 3.34. The molecule has 1 N–H and O–H groups in total. The second kappa shape index (κ2) is 12.5. The minimum Gasteiger partial charge on any atom is -0.493 e. The molecule has 186 valence electrons. The normalized spacial score (nSPS) is 11.1. The Morgan fingerprint density at radius 1 is 0.943 bits per heavy atom. The molecule has 3 rings (SSSR count). The lowest BCUT2D eigenvalue weighted by Gasteiger charge is -2.24. The Morgan fingerprint density at radius 2 is 1.63 bits per heavy atom. The van der Waals surface area contributed by atoms with E-state index in [1.807, 2.05) is 37.3 Å². The van der Waals surface area contributed by atoms with E-state index in [0.29, 0.717) is 23.7 Å². The van der Waals surface area contributed by atoms with Gasteiger partial charge in [-0.1, -0.05) is 48.0 Å². The monoisotopic (exact) mass is 514 g/mol. The summed E-state index contributed by atoms with van der Waals surface area (Å²) < 4.78 is 38.8. The number of methoxy groups -OCH3 is 2. The summed E-state index contributed by atoms with van der Waals surface area (Å²) in [5.74, 6) is 1.89. The predicted octanol–water partition coefficient (Wildman–Crippen LogP) is 4.26. The Labute approximate surface area is 211 Å². The quantitative estimate of drug-likeness (QED) is 0.364. The molecule has 0 aromatic heterocycles. The van der Waals surface area contributed by atoms with E-state index in [9.17, 15) is 13.2 Å². The Morgan fingerprint density at radius 3 is 2.29 bits per heavy atom. The number of benzene rings is 3. The molecule has 3 aromatic carbocycles. The van der Waals surface area contributed by atoms with Crippen LogP contribution in [0.15, 0.2) is 77.7 Å². The van der Waals surface area contributed by atoms with Gasteiger partial charge in [0.1, 0.15) is 6.54 Å². The fraction of sp³-hybridized carbons (Fsp3) is 0.269. The van der Waals surface area contributed by atoms with Gasteiger partial charge < -0.3 is 14.8 Å². The number of thioether (sulfide) groups is 1. The van der Waals surface area contributed by atoms with Crippen LogP contribution in [0.1, 0.15) is 11.1 Å². The van der Waals surface area contributed by atoms with E-state index in [2.05, 4.69) is 17.4 Å². The molecule has 0 fully saturated rings. The molecule has 0 radical (unpaired) electrons. The number of carbonyl (C=O) groups excluding carboxylic acids is 1. The number of aryl methyl sites for hydroxylation is 1. The first-order chi connectivity index (χ1) is 16.8. The number of amides is 1. The van der Waals surface area contributed by atoms with Crippen LogP contribution in [0.2, 0.25) is 0 Å². The summed E-state index contributed by atoms with van der Waals surface area (Å²) in [7, 11) is -1.14. The number of nitrogens with zero attached hydrogens (tertiary/aromatic N) is 1. The SMILES string of the molecule is COc1ccc(S(=O)(=O)N(CC(=O)NCCSCc2ccccc2)c2ccc(C)cc2)cc1OC. The summed E-state index contributed by atoms with van der Waals surface area (Å²) in [6.07, 6.45) is 0. The van der Waals surface area contributed by atoms with Crippen molar-refractivity contribution in [3.63, 3.8) is 0 Å². The van der Waals surface area contributed by atoms with Crippen molar-refractivity contribution >= 4 is 33.4 Å². The Balaban J connectivity index is 1.72. The molecule has 35 heavy (non-hydrogen) atoms. The summed E-state index contributed by atoms with van der Waals surface area (Å²) in [5, 5.41) is 2.83. The number of carbonyl (C=O) groups is 1. The van der Waals surface area contributed by atoms with Gasteiger partial charge in [0.05, 0.1) is 24.8 Å². The maximum absolute atomic E-state index is 13.6. The smallest absolute Gasteiger partial charge is 0.264 e. The van der Waals surface area contributed by atoms with E-state index in [1.54, 1.807) is 23.9 Å². The third-order valence-electron chi connectivity index (χ3n) is 5.23. The largest absolute Gasteiger partial charge is 0.493 e. The van der Waals surface area contributed by atoms with Crippen molar-refractivity contribution < 1.29 is 22.7 Å². The van der Waals surface area contributed by atoms with Crippen molar-refractivity contribution in [1.29, 1.82) is 0 Å². The van der Waals surface area contributed by atoms with Crippen molar-refractivity contribution in [2.24, 2.45) is 0 Å². The first kappa shape index (κ1) is 26.4. The summed E-state index contributed by atoms with van der Waals surface area (Å²) >= 11 is 1.70. The molecule has 0 aliphatic heterocycles. The van der Waals surface area contributed by atoms with Gasteiger partial charge in [-0.2, -0.15) is 11.8 Å². The van der Waals surface area contributed by atoms with Crippen LogP contribution in [0.3, 0.4) is 0 Å². The molecule has 0 atom stereocenters. The number of rotatable bonds is 12. The molecule has 0 unspecified atom stereocenters. The van der Waals surface area contributed by atoms with Crippen molar-refractivity contribution in [3.05, 3.63) is 83.9 Å². The number of anilines is 1. The number of hydrogen-bond donors (Lipinski definition) is 1. The third kappa shape index (κ3) is 7.16. The van der Waals surface area contributed by atoms with Crippen LogP contribution in [-0.2, 0) is 20.6 Å². The average molecular weight is 515 g/mol. The van der Waals surface area contributed by atoms with Crippen LogP contribution in [0.4, 0.5) is 5.69 Å². The molecule has 7 nitrogen and oxygen atoms in total. The van der Waals surface area contributed by atoms with Crippen LogP contribution < -0.4 is 19.1 Å². The van der Waals surface area contributed by atoms with Gasteiger partial charge in [-0.15, -0.1) is 0 Å². The summed E-state index contributed by atoms with van der Waals surface area (Å²) in [6, 6.07) is 21.5. The van der Waals surface area contributed by atoms with E-state index in [0.717, 1.165) is 15.6 Å². The summed E-state index contributed by atoms with van der Waals surface area (Å²) in [6.45, 7) is 2.01. The van der Waals surface area contributed by atoms with Crippen molar-refractivity contribution in [1.82, 2.24) is 5.32 Å². The Bertz CT molecular complexity index is 1220. The van der Waals surface area contributed by atoms with Crippen LogP contribution in [0.5, 0.6) is 11.5 Å². The van der Waals surface area contributed by atoms with Gasteiger partial charge in [0.25, 0.3) is 10.0 Å². The van der Waals surface area contributed by atoms with E-state index in [4.69, 9.17) is 9.47 Å². The lowest BCUT2D eigenvalue weighted by molar-refractivity contribution is -0.119. The second-order valence-electron chi connectivity index (χ2n) is 7.75. The van der Waals surface area contributed by atoms with Crippen LogP contribution >= 0.6 is 11.8 Å². The van der Waals surface area contributed by atoms with Crippen molar-refractivity contribution in [2.45, 2.75) is 17.6 Å². The Kier molecular flexibility index (Phi) is 9.45. The zero-order valence-corrected chi connectivity index (χ0v) is 21.7. The Hall–Kier alpha value is -3.17. The average Bonchev–Trinajstić information content (AvgIpc) is 2.87. The van der Waals surface area contributed by atoms with Gasteiger partial charge in [0.15, 0.2) is 11.5 Å². The molecule has 1 amide bonds. The van der Waals surface area contributed by atoms with Crippen molar-refractivity contribution in [2.75, 3.05) is 37.4 Å². The molecule has 0 saturated carbocycles. The van der Waals surface area contributed by atoms with E-state index in [-0.39, 0.29) is 23.1 Å². The lowest BCUT2D eigenvalue weighted by Crippen LogP contribution is -2.41. The minimum atomic E-state index is -4.06. The molecule has 0 aliphatic rings. The maximum Gasteiger partial charge on any atom is 0.264 e. The van der Waals surface area contributed by atoms with Gasteiger partial charge in [-0.3, -0.25) is 9.10 Å². The van der Waals surface area contributed by atoms with Gasteiger partial charge in [0.2, 0.25) is 5.91 Å². The van der Waals surface area contributed by atoms with Crippen molar-refractivity contribution in [3.8, 4) is 11.5 Å². The van der Waals surface area contributed by atoms with Gasteiger partial charge in [0, 0.05) is 24.1 Å². The van der Waals surface area contributed by atoms with Crippen LogP contribution in [-0.4, -0.2) is 47.4 Å². The maximum atomic E-state index is 13.6. The highest BCUT2D eigenvalue weighted by molar-refractivity contribution is 7.98. The fourth-order valence-corrected chi connectivity index (χ4v) is 5.60. The van der Waals surface area contributed by atoms with Gasteiger partial charge in [-0.25, -0.2) is 8.42 Å². The second-order valence-corrected chi connectivity index (χ2v) is 10.7. The van der Waals surface area contributed by atoms with E-state index >= 15 is 0 Å². The highest BCUT2D eigenvalue weighted by atomic mass is 32.2. The van der Waals surface area contributed by atoms with Gasteiger partial charge in [-0.05, 0) is 36.8 Å². The lowest BCUT2D eigenvalue weighted by atomic mass is 10.2. The molecule has 0 bridgehead atoms. The van der Waals surface area contributed by atoms with Crippen LogP contribution in [0, 0.1) is 6.92 Å². The number of nitrogens with one attached hydrogen (secondary N) is 1. The molecule has 0 aliphatic carbocycles. The number of hydrogen-bond acceptors (Lipinski definition) is 6. The zero-order chi connectivity index (χ0) is 25.3. The molecule has 3 aromatic rings. The third-order valence-corrected chi connectivity index (χ3v) is 8.03. The summed E-state index contributed by atoms with van der Waals surface area (Å²) in [4.78, 5) is 12.8. The number of ether oxygens (including phenoxy) is 2. The van der Waals surface area contributed by atoms with Crippen LogP contribution in [0.25, 0.3) is 0 Å². The highest BCUT2D eigenvalue weighted by Crippen LogP contribution is 2.32. The molecule has 0 heterocycles. The summed E-state index contributed by atoms with van der Waals surface area (Å²) in [5.41, 5.74) is 2.60. The van der Waals surface area contributed by atoms with E-state index in [1.165, 1.54) is 38.0 Å². The first-order valence-electron chi connectivity index (χ1n) is 11.0. The molecule has 0 saturated heterocycles. The predicted molar refractivity (Wildman–Crippen MR) is 141 cm³/mol. The standard InChI is InChI=1S/C26H30N2O5S2/c1-20-9-11-22(12-10-20)28(35(30,31)23-13-14-24(32-2)25(17-23)33-3)18-26(29)27-15-16-34-19-21-7-5-4-6-8-21/h4-14,17H,15-16,18-19H2,1-3H3,(H,27,29). The minimum absolute atomic E-state index is 0.00180. The molecular weight excluding hydrogens is 484 g/mol. The number of sulfonamides is 1. The zero-order valence-electron chi connectivity index (χ0n) is 20.1.